The number of fused-ring (bicyclic) bond motifs is 1. The molecule has 8 heteroatoms. The molecule has 0 amide bonds. The number of ether oxygens (including phenoxy) is 2. The van der Waals surface area contributed by atoms with Crippen molar-refractivity contribution in [1.82, 2.24) is 4.31 Å². The Morgan fingerprint density at radius 3 is 2.46 bits per heavy atom. The van der Waals surface area contributed by atoms with Gasteiger partial charge < -0.3 is 9.47 Å². The quantitative estimate of drug-likeness (QED) is 0.846. The highest BCUT2D eigenvalue weighted by Crippen LogP contribution is 2.31. The molecule has 0 saturated carbocycles. The molecule has 1 aliphatic rings. The zero-order valence-electron chi connectivity index (χ0n) is 12.8. The van der Waals surface area contributed by atoms with E-state index < -0.39 is 26.6 Å². The molecule has 0 radical (unpaired) electrons. The Bertz CT molecular complexity index is 870. The Hall–Kier alpha value is -2.19. The summed E-state index contributed by atoms with van der Waals surface area (Å²) in [7, 11) is -2.76. The van der Waals surface area contributed by atoms with E-state index in [0.29, 0.717) is 36.3 Å². The molecule has 0 bridgehead atoms. The van der Waals surface area contributed by atoms with E-state index in [1.807, 2.05) is 0 Å². The Kier molecular flexibility index (Phi) is 4.42. The zero-order chi connectivity index (χ0) is 17.3. The number of rotatable bonds is 4. The highest BCUT2D eigenvalue weighted by molar-refractivity contribution is 7.89. The largest absolute Gasteiger partial charge is 0.486 e. The maximum atomic E-state index is 13.8. The van der Waals surface area contributed by atoms with Crippen molar-refractivity contribution in [3.05, 3.63) is 53.6 Å². The third-order valence-electron chi connectivity index (χ3n) is 3.59. The van der Waals surface area contributed by atoms with Crippen LogP contribution in [0.15, 0.2) is 41.3 Å². The van der Waals surface area contributed by atoms with E-state index in [4.69, 9.17) is 9.47 Å². The lowest BCUT2D eigenvalue weighted by atomic mass is 10.2. The first-order valence-corrected chi connectivity index (χ1v) is 8.62. The van der Waals surface area contributed by atoms with Crippen molar-refractivity contribution < 1.29 is 26.7 Å². The van der Waals surface area contributed by atoms with Crippen LogP contribution in [0.25, 0.3) is 0 Å². The highest BCUT2D eigenvalue weighted by Gasteiger charge is 2.25. The van der Waals surface area contributed by atoms with Crippen LogP contribution in [-0.4, -0.2) is 33.0 Å². The van der Waals surface area contributed by atoms with Crippen molar-refractivity contribution >= 4 is 10.0 Å². The molecule has 128 valence electrons. The van der Waals surface area contributed by atoms with Crippen LogP contribution in [0, 0.1) is 11.6 Å². The minimum atomic E-state index is -4.09. The van der Waals surface area contributed by atoms with E-state index >= 15 is 0 Å². The van der Waals surface area contributed by atoms with Crippen LogP contribution in [0.4, 0.5) is 8.78 Å². The van der Waals surface area contributed by atoms with Gasteiger partial charge in [-0.25, -0.2) is 17.2 Å². The predicted octanol–water partition coefficient (Wildman–Crippen LogP) is 2.56. The Morgan fingerprint density at radius 1 is 1.04 bits per heavy atom. The maximum Gasteiger partial charge on any atom is 0.246 e. The highest BCUT2D eigenvalue weighted by atomic mass is 32.2. The summed E-state index contributed by atoms with van der Waals surface area (Å²) in [4.78, 5) is -0.566. The Morgan fingerprint density at radius 2 is 1.75 bits per heavy atom. The standard InChI is InChI=1S/C16H15F2NO4S/c1-19(24(20,21)16-5-3-12(17)9-13(16)18)10-11-2-4-14-15(8-11)23-7-6-22-14/h2-5,8-9H,6-7,10H2,1H3. The average Bonchev–Trinajstić information content (AvgIpc) is 2.54. The summed E-state index contributed by atoms with van der Waals surface area (Å²) >= 11 is 0. The Labute approximate surface area is 138 Å². The molecule has 5 nitrogen and oxygen atoms in total. The van der Waals surface area contributed by atoms with Gasteiger partial charge >= 0.3 is 0 Å². The third kappa shape index (κ3) is 3.20. The fourth-order valence-electron chi connectivity index (χ4n) is 2.38. The van der Waals surface area contributed by atoms with Crippen LogP contribution in [-0.2, 0) is 16.6 Å². The van der Waals surface area contributed by atoms with Gasteiger partial charge in [0.15, 0.2) is 11.5 Å². The summed E-state index contributed by atoms with van der Waals surface area (Å²) in [5, 5.41) is 0. The second kappa shape index (κ2) is 6.37. The summed E-state index contributed by atoms with van der Waals surface area (Å²) in [6.45, 7) is 0.894. The zero-order valence-corrected chi connectivity index (χ0v) is 13.6. The summed E-state index contributed by atoms with van der Waals surface area (Å²) in [5.74, 6) is -0.817. The van der Waals surface area contributed by atoms with Gasteiger partial charge in [-0.2, -0.15) is 4.31 Å². The van der Waals surface area contributed by atoms with Crippen molar-refractivity contribution in [2.75, 3.05) is 20.3 Å². The summed E-state index contributed by atoms with van der Waals surface area (Å²) in [6.07, 6.45) is 0. The number of benzene rings is 2. The lowest BCUT2D eigenvalue weighted by Crippen LogP contribution is -2.27. The van der Waals surface area contributed by atoms with Gasteiger partial charge in [-0.3, -0.25) is 0 Å². The second-order valence-electron chi connectivity index (χ2n) is 5.31. The molecule has 24 heavy (non-hydrogen) atoms. The van der Waals surface area contributed by atoms with Gasteiger partial charge in [-0.1, -0.05) is 6.07 Å². The van der Waals surface area contributed by atoms with Gasteiger partial charge in [-0.05, 0) is 29.8 Å². The molecule has 1 aliphatic heterocycles. The lowest BCUT2D eigenvalue weighted by molar-refractivity contribution is 0.171. The van der Waals surface area contributed by atoms with Gasteiger partial charge in [0, 0.05) is 19.7 Å². The molecule has 2 aromatic carbocycles. The predicted molar refractivity (Wildman–Crippen MR) is 82.4 cm³/mol. The molecule has 0 fully saturated rings. The van der Waals surface area contributed by atoms with Crippen LogP contribution < -0.4 is 9.47 Å². The number of hydrogen-bond donors (Lipinski definition) is 0. The number of sulfonamides is 1. The van der Waals surface area contributed by atoms with Gasteiger partial charge in [-0.15, -0.1) is 0 Å². The maximum absolute atomic E-state index is 13.8. The fraction of sp³-hybridized carbons (Fsp3) is 0.250. The number of hydrogen-bond acceptors (Lipinski definition) is 4. The first-order valence-electron chi connectivity index (χ1n) is 7.18. The normalized spacial score (nSPS) is 14.0. The molecule has 2 aromatic rings. The molecule has 0 spiro atoms. The molecule has 0 saturated heterocycles. The minimum Gasteiger partial charge on any atom is -0.486 e. The van der Waals surface area contributed by atoms with Gasteiger partial charge in [0.25, 0.3) is 0 Å². The first-order chi connectivity index (χ1) is 11.4. The first kappa shape index (κ1) is 16.7. The number of halogens is 2. The van der Waals surface area contributed by atoms with Crippen LogP contribution in [0.1, 0.15) is 5.56 Å². The summed E-state index contributed by atoms with van der Waals surface area (Å²) in [6, 6.07) is 7.46. The van der Waals surface area contributed by atoms with Gasteiger partial charge in [0.2, 0.25) is 10.0 Å². The van der Waals surface area contributed by atoms with Gasteiger partial charge in [0.05, 0.1) is 0 Å². The second-order valence-corrected chi connectivity index (χ2v) is 7.33. The van der Waals surface area contributed by atoms with Crippen molar-refractivity contribution in [1.29, 1.82) is 0 Å². The van der Waals surface area contributed by atoms with Gasteiger partial charge in [0.1, 0.15) is 29.7 Å². The number of nitrogens with zero attached hydrogens (tertiary/aromatic N) is 1. The van der Waals surface area contributed by atoms with Crippen LogP contribution >= 0.6 is 0 Å². The van der Waals surface area contributed by atoms with E-state index in [1.165, 1.54) is 7.05 Å². The van der Waals surface area contributed by atoms with Crippen molar-refractivity contribution in [2.24, 2.45) is 0 Å². The van der Waals surface area contributed by atoms with E-state index in [0.717, 1.165) is 16.4 Å². The third-order valence-corrected chi connectivity index (χ3v) is 5.43. The molecule has 0 aromatic heterocycles. The fourth-order valence-corrected chi connectivity index (χ4v) is 3.58. The van der Waals surface area contributed by atoms with Crippen molar-refractivity contribution in [2.45, 2.75) is 11.4 Å². The minimum absolute atomic E-state index is 0.00971. The topological polar surface area (TPSA) is 55.8 Å². The summed E-state index contributed by atoms with van der Waals surface area (Å²) in [5.41, 5.74) is 0.660. The lowest BCUT2D eigenvalue weighted by Gasteiger charge is -2.21. The molecule has 0 atom stereocenters. The van der Waals surface area contributed by atoms with E-state index in [1.54, 1.807) is 18.2 Å². The monoisotopic (exact) mass is 355 g/mol. The molecule has 3 rings (SSSR count). The van der Waals surface area contributed by atoms with Crippen molar-refractivity contribution in [3.63, 3.8) is 0 Å². The SMILES string of the molecule is CN(Cc1ccc2c(c1)OCCO2)S(=O)(=O)c1ccc(F)cc1F. The van der Waals surface area contributed by atoms with Crippen LogP contribution in [0.5, 0.6) is 11.5 Å². The molecular weight excluding hydrogens is 340 g/mol. The molecular formula is C16H15F2NO4S. The molecule has 0 N–H and O–H groups in total. The van der Waals surface area contributed by atoms with E-state index in [9.17, 15) is 17.2 Å². The smallest absolute Gasteiger partial charge is 0.246 e. The van der Waals surface area contributed by atoms with E-state index in [2.05, 4.69) is 0 Å². The molecule has 0 aliphatic carbocycles. The molecule has 0 unspecified atom stereocenters. The molecule has 1 heterocycles. The Balaban J connectivity index is 1.84. The van der Waals surface area contributed by atoms with Crippen molar-refractivity contribution in [3.8, 4) is 11.5 Å². The summed E-state index contributed by atoms with van der Waals surface area (Å²) < 4.78 is 63.5. The van der Waals surface area contributed by atoms with Crippen LogP contribution in [0.3, 0.4) is 0 Å². The van der Waals surface area contributed by atoms with Crippen LogP contribution in [0.2, 0.25) is 0 Å². The average molecular weight is 355 g/mol. The van der Waals surface area contributed by atoms with E-state index in [-0.39, 0.29) is 6.54 Å².